The second-order valence-electron chi connectivity index (χ2n) is 10.4. The molecule has 0 aliphatic carbocycles. The zero-order valence-electron chi connectivity index (χ0n) is 20.3. The van der Waals surface area contributed by atoms with E-state index >= 15 is 0 Å². The topological polar surface area (TPSA) is 79.5 Å². The predicted molar refractivity (Wildman–Crippen MR) is 129 cm³/mol. The lowest BCUT2D eigenvalue weighted by molar-refractivity contribution is -0.142. The number of benzene rings is 1. The lowest BCUT2D eigenvalue weighted by atomic mass is 9.84. The number of piperidine rings is 1. The Balaban J connectivity index is 1.65. The monoisotopic (exact) mass is 474 g/mol. The first-order valence-corrected chi connectivity index (χ1v) is 12.0. The molecule has 0 radical (unpaired) electrons. The van der Waals surface area contributed by atoms with Crippen molar-refractivity contribution in [2.45, 2.75) is 65.8 Å². The number of hydrogen-bond donors (Lipinski definition) is 0. The van der Waals surface area contributed by atoms with E-state index in [1.807, 2.05) is 12.1 Å². The molecule has 1 aliphatic heterocycles. The van der Waals surface area contributed by atoms with Crippen LogP contribution in [0.2, 0.25) is 5.02 Å². The molecule has 1 aromatic heterocycles. The summed E-state index contributed by atoms with van der Waals surface area (Å²) in [6.45, 7) is 9.27. The largest absolute Gasteiger partial charge is 0.337 e. The van der Waals surface area contributed by atoms with Crippen LogP contribution >= 0.6 is 11.6 Å². The van der Waals surface area contributed by atoms with Crippen molar-refractivity contribution < 1.29 is 14.1 Å². The van der Waals surface area contributed by atoms with Gasteiger partial charge in [-0.25, -0.2) is 0 Å². The van der Waals surface area contributed by atoms with Gasteiger partial charge < -0.3 is 14.3 Å². The van der Waals surface area contributed by atoms with Gasteiger partial charge >= 0.3 is 0 Å². The summed E-state index contributed by atoms with van der Waals surface area (Å²) in [5.74, 6) is 1.04. The van der Waals surface area contributed by atoms with Crippen LogP contribution in [0.25, 0.3) is 11.4 Å². The maximum absolute atomic E-state index is 13.2. The quantitative estimate of drug-likeness (QED) is 0.539. The molecule has 2 atom stereocenters. The molecule has 1 aromatic carbocycles. The highest BCUT2D eigenvalue weighted by atomic mass is 35.5. The molecule has 0 N–H and O–H groups in total. The summed E-state index contributed by atoms with van der Waals surface area (Å²) in [5.41, 5.74) is 0.934. The van der Waals surface area contributed by atoms with Gasteiger partial charge in [0, 0.05) is 30.6 Å². The molecule has 2 amide bonds. The predicted octanol–water partition coefficient (Wildman–Crippen LogP) is 5.36. The van der Waals surface area contributed by atoms with E-state index in [-0.39, 0.29) is 35.7 Å². The van der Waals surface area contributed by atoms with Crippen LogP contribution in [0.4, 0.5) is 0 Å². The third kappa shape index (κ3) is 7.03. The SMILES string of the molecule is CC(CC(=O)N(C)CC(=O)N1CCCCC1c1nc(-c2cccc(Cl)c2)no1)CC(C)(C)C. The van der Waals surface area contributed by atoms with Gasteiger partial charge in [-0.05, 0) is 49.1 Å². The van der Waals surface area contributed by atoms with Crippen LogP contribution in [0.15, 0.2) is 28.8 Å². The molecule has 180 valence electrons. The second-order valence-corrected chi connectivity index (χ2v) is 10.8. The Labute approximate surface area is 201 Å². The Morgan fingerprint density at radius 1 is 1.30 bits per heavy atom. The molecule has 2 heterocycles. The van der Waals surface area contributed by atoms with Gasteiger partial charge in [-0.1, -0.05) is 56.6 Å². The number of amides is 2. The Bertz CT molecular complexity index is 969. The number of carbonyl (C=O) groups is 2. The van der Waals surface area contributed by atoms with Gasteiger partial charge in [0.25, 0.3) is 0 Å². The number of likely N-dealkylation sites (N-methyl/N-ethyl adjacent to an activating group) is 1. The first kappa shape index (κ1) is 25.2. The van der Waals surface area contributed by atoms with Crippen molar-refractivity contribution >= 4 is 23.4 Å². The minimum absolute atomic E-state index is 0.00491. The fraction of sp³-hybridized carbons (Fsp3) is 0.600. The Kier molecular flexibility index (Phi) is 8.16. The number of nitrogens with zero attached hydrogens (tertiary/aromatic N) is 4. The molecule has 2 aromatic rings. The minimum atomic E-state index is -0.282. The van der Waals surface area contributed by atoms with E-state index in [1.54, 1.807) is 29.0 Å². The molecule has 2 unspecified atom stereocenters. The van der Waals surface area contributed by atoms with Gasteiger partial charge in [-0.3, -0.25) is 9.59 Å². The van der Waals surface area contributed by atoms with Crippen LogP contribution in [-0.4, -0.2) is 51.9 Å². The van der Waals surface area contributed by atoms with E-state index in [2.05, 4.69) is 37.8 Å². The van der Waals surface area contributed by atoms with Gasteiger partial charge in [0.05, 0.1) is 6.54 Å². The van der Waals surface area contributed by atoms with Gasteiger partial charge in [0.1, 0.15) is 6.04 Å². The van der Waals surface area contributed by atoms with E-state index in [4.69, 9.17) is 16.1 Å². The molecule has 7 nitrogen and oxygen atoms in total. The Morgan fingerprint density at radius 3 is 2.76 bits per heavy atom. The maximum atomic E-state index is 13.2. The Morgan fingerprint density at radius 2 is 2.06 bits per heavy atom. The smallest absolute Gasteiger partial charge is 0.249 e. The zero-order chi connectivity index (χ0) is 24.2. The number of aromatic nitrogens is 2. The lowest BCUT2D eigenvalue weighted by Crippen LogP contribution is -2.45. The third-order valence-corrected chi connectivity index (χ3v) is 6.15. The van der Waals surface area contributed by atoms with E-state index in [1.165, 1.54) is 0 Å². The van der Waals surface area contributed by atoms with E-state index < -0.39 is 0 Å². The second kappa shape index (κ2) is 10.7. The van der Waals surface area contributed by atoms with Crippen molar-refractivity contribution in [3.8, 4) is 11.4 Å². The summed E-state index contributed by atoms with van der Waals surface area (Å²) in [7, 11) is 1.70. The average Bonchev–Trinajstić information content (AvgIpc) is 3.22. The zero-order valence-corrected chi connectivity index (χ0v) is 21.1. The number of halogens is 1. The van der Waals surface area contributed by atoms with Crippen molar-refractivity contribution in [2.75, 3.05) is 20.1 Å². The molecule has 0 bridgehead atoms. The molecule has 3 rings (SSSR count). The highest BCUT2D eigenvalue weighted by Crippen LogP contribution is 2.32. The summed E-state index contributed by atoms with van der Waals surface area (Å²) in [5, 5.41) is 4.70. The van der Waals surface area contributed by atoms with Crippen LogP contribution in [0.5, 0.6) is 0 Å². The molecule has 0 saturated carbocycles. The Hall–Kier alpha value is -2.41. The molecule has 1 fully saturated rings. The van der Waals surface area contributed by atoms with Gasteiger partial charge in [-0.15, -0.1) is 0 Å². The van der Waals surface area contributed by atoms with E-state index in [9.17, 15) is 9.59 Å². The van der Waals surface area contributed by atoms with Crippen LogP contribution in [0.3, 0.4) is 0 Å². The fourth-order valence-electron chi connectivity index (χ4n) is 4.56. The number of carbonyl (C=O) groups excluding carboxylic acids is 2. The van der Waals surface area contributed by atoms with Crippen LogP contribution in [-0.2, 0) is 9.59 Å². The van der Waals surface area contributed by atoms with Crippen molar-refractivity contribution in [3.05, 3.63) is 35.2 Å². The number of hydrogen-bond acceptors (Lipinski definition) is 5. The summed E-state index contributed by atoms with van der Waals surface area (Å²) in [4.78, 5) is 33.7. The summed E-state index contributed by atoms with van der Waals surface area (Å²) >= 11 is 6.08. The first-order valence-electron chi connectivity index (χ1n) is 11.7. The molecular formula is C25H35ClN4O3. The highest BCUT2D eigenvalue weighted by molar-refractivity contribution is 6.30. The van der Waals surface area contributed by atoms with E-state index in [0.717, 1.165) is 31.2 Å². The number of rotatable bonds is 7. The molecule has 1 saturated heterocycles. The van der Waals surface area contributed by atoms with Gasteiger partial charge in [0.15, 0.2) is 0 Å². The molecular weight excluding hydrogens is 440 g/mol. The van der Waals surface area contributed by atoms with Crippen LogP contribution < -0.4 is 0 Å². The first-order chi connectivity index (χ1) is 15.5. The molecule has 1 aliphatic rings. The van der Waals surface area contributed by atoms with Gasteiger partial charge in [-0.2, -0.15) is 4.98 Å². The molecule has 33 heavy (non-hydrogen) atoms. The van der Waals surface area contributed by atoms with E-state index in [0.29, 0.717) is 29.7 Å². The third-order valence-electron chi connectivity index (χ3n) is 5.91. The summed E-state index contributed by atoms with van der Waals surface area (Å²) < 4.78 is 5.55. The summed E-state index contributed by atoms with van der Waals surface area (Å²) in [6, 6.07) is 6.98. The van der Waals surface area contributed by atoms with Crippen LogP contribution in [0.1, 0.15) is 71.7 Å². The fourth-order valence-corrected chi connectivity index (χ4v) is 4.75. The normalized spacial score (nSPS) is 17.6. The van der Waals surface area contributed by atoms with Crippen molar-refractivity contribution in [1.82, 2.24) is 19.9 Å². The lowest BCUT2D eigenvalue weighted by Gasteiger charge is -2.34. The highest BCUT2D eigenvalue weighted by Gasteiger charge is 2.33. The van der Waals surface area contributed by atoms with Crippen LogP contribution in [0, 0.1) is 11.3 Å². The molecule has 0 spiro atoms. The average molecular weight is 475 g/mol. The van der Waals surface area contributed by atoms with Crippen molar-refractivity contribution in [1.29, 1.82) is 0 Å². The van der Waals surface area contributed by atoms with Crippen molar-refractivity contribution in [2.24, 2.45) is 11.3 Å². The van der Waals surface area contributed by atoms with Crippen molar-refractivity contribution in [3.63, 3.8) is 0 Å². The standard InChI is InChI=1S/C25H35ClN4O3/c1-17(15-25(2,3)4)13-21(31)29(5)16-22(32)30-12-7-6-11-20(30)24-27-23(28-33-24)18-9-8-10-19(26)14-18/h8-10,14,17,20H,6-7,11-13,15-16H2,1-5H3. The maximum Gasteiger partial charge on any atom is 0.249 e. The minimum Gasteiger partial charge on any atom is -0.337 e. The van der Waals surface area contributed by atoms with Gasteiger partial charge in [0.2, 0.25) is 23.5 Å². The molecule has 8 heteroatoms. The number of likely N-dealkylation sites (tertiary alicyclic amines) is 1. The summed E-state index contributed by atoms with van der Waals surface area (Å²) in [6.07, 6.45) is 4.04.